The molecule has 3 nitrogen and oxygen atoms in total. The molecule has 1 aliphatic rings. The van der Waals surface area contributed by atoms with Crippen molar-refractivity contribution < 1.29 is 15.3 Å². The third kappa shape index (κ3) is 0.973. The lowest BCUT2D eigenvalue weighted by Gasteiger charge is -2.18. The first-order chi connectivity index (χ1) is 6.22. The van der Waals surface area contributed by atoms with Gasteiger partial charge in [-0.2, -0.15) is 0 Å². The molecule has 0 spiro atoms. The molecule has 0 unspecified atom stereocenters. The van der Waals surface area contributed by atoms with Crippen molar-refractivity contribution in [1.82, 2.24) is 0 Å². The summed E-state index contributed by atoms with van der Waals surface area (Å²) in [5, 5.41) is 27.4. The number of allylic oxidation sites excluding steroid dienone is 1. The van der Waals surface area contributed by atoms with Crippen molar-refractivity contribution >= 4 is 5.57 Å². The lowest BCUT2D eigenvalue weighted by atomic mass is 9.94. The van der Waals surface area contributed by atoms with Gasteiger partial charge in [0.15, 0.2) is 11.5 Å². The predicted octanol–water partition coefficient (Wildman–Crippen LogP) is 2.30. The van der Waals surface area contributed by atoms with Gasteiger partial charge in [-0.1, -0.05) is 30.3 Å². The molecule has 3 heteroatoms. The Kier molecular flexibility index (Phi) is 1.52. The molecule has 0 atom stereocenters. The minimum Gasteiger partial charge on any atom is -0.504 e. The van der Waals surface area contributed by atoms with Crippen LogP contribution in [0.1, 0.15) is 5.56 Å². The topological polar surface area (TPSA) is 60.7 Å². The minimum absolute atomic E-state index is 0.247. The highest BCUT2D eigenvalue weighted by Gasteiger charge is 2.29. The van der Waals surface area contributed by atoms with Gasteiger partial charge < -0.3 is 15.3 Å². The van der Waals surface area contributed by atoms with Crippen LogP contribution in [0.25, 0.3) is 5.57 Å². The monoisotopic (exact) mass is 176 g/mol. The summed E-state index contributed by atoms with van der Waals surface area (Å²) in [6, 6.07) is 8.90. The van der Waals surface area contributed by atoms with E-state index < -0.39 is 5.76 Å². The van der Waals surface area contributed by atoms with Crippen LogP contribution in [0, 0.1) is 0 Å². The third-order valence-electron chi connectivity index (χ3n) is 1.98. The fraction of sp³-hybridized carbons (Fsp3) is 0. The average molecular weight is 176 g/mol. The minimum atomic E-state index is -0.432. The second kappa shape index (κ2) is 2.55. The molecule has 1 aliphatic carbocycles. The molecule has 0 radical (unpaired) electrons. The highest BCUT2D eigenvalue weighted by molar-refractivity contribution is 5.87. The van der Waals surface area contributed by atoms with Gasteiger partial charge in [-0.05, 0) is 5.56 Å². The molecular formula is C10H8O3. The molecule has 2 rings (SSSR count). The quantitative estimate of drug-likeness (QED) is 0.615. The Hall–Kier alpha value is -1.90. The van der Waals surface area contributed by atoms with Gasteiger partial charge in [-0.3, -0.25) is 0 Å². The second-order valence-electron chi connectivity index (χ2n) is 2.79. The van der Waals surface area contributed by atoms with Crippen molar-refractivity contribution in [2.75, 3.05) is 0 Å². The van der Waals surface area contributed by atoms with E-state index in [-0.39, 0.29) is 11.5 Å². The summed E-state index contributed by atoms with van der Waals surface area (Å²) in [7, 11) is 0. The molecule has 0 aromatic heterocycles. The normalized spacial score (nSPS) is 16.0. The van der Waals surface area contributed by atoms with E-state index in [1.165, 1.54) is 0 Å². The van der Waals surface area contributed by atoms with Gasteiger partial charge in [0.2, 0.25) is 5.76 Å². The van der Waals surface area contributed by atoms with Crippen molar-refractivity contribution in [2.24, 2.45) is 0 Å². The average Bonchev–Trinajstić information content (AvgIpc) is 2.19. The fourth-order valence-corrected chi connectivity index (χ4v) is 1.28. The van der Waals surface area contributed by atoms with Crippen LogP contribution in [-0.2, 0) is 0 Å². The van der Waals surface area contributed by atoms with E-state index >= 15 is 0 Å². The maximum Gasteiger partial charge on any atom is 0.201 e. The largest absolute Gasteiger partial charge is 0.504 e. The van der Waals surface area contributed by atoms with Gasteiger partial charge in [-0.15, -0.1) is 0 Å². The summed E-state index contributed by atoms with van der Waals surface area (Å²) >= 11 is 0. The van der Waals surface area contributed by atoms with Crippen LogP contribution < -0.4 is 0 Å². The number of aliphatic hydroxyl groups excluding tert-OH is 3. The predicted molar refractivity (Wildman–Crippen MR) is 48.3 cm³/mol. The van der Waals surface area contributed by atoms with E-state index in [0.717, 1.165) is 0 Å². The molecule has 66 valence electrons. The lowest BCUT2D eigenvalue weighted by Crippen LogP contribution is -2.10. The van der Waals surface area contributed by atoms with Crippen molar-refractivity contribution in [3.8, 4) is 0 Å². The maximum absolute atomic E-state index is 9.21. The van der Waals surface area contributed by atoms with Crippen molar-refractivity contribution in [3.63, 3.8) is 0 Å². The molecule has 13 heavy (non-hydrogen) atoms. The zero-order valence-corrected chi connectivity index (χ0v) is 6.73. The van der Waals surface area contributed by atoms with Gasteiger partial charge in [0.05, 0.1) is 5.57 Å². The van der Waals surface area contributed by atoms with Gasteiger partial charge in [0.25, 0.3) is 0 Å². The summed E-state index contributed by atoms with van der Waals surface area (Å²) < 4.78 is 0. The van der Waals surface area contributed by atoms with Gasteiger partial charge in [0.1, 0.15) is 0 Å². The van der Waals surface area contributed by atoms with Gasteiger partial charge >= 0.3 is 0 Å². The van der Waals surface area contributed by atoms with Crippen molar-refractivity contribution in [2.45, 2.75) is 0 Å². The van der Waals surface area contributed by atoms with E-state index in [0.29, 0.717) is 11.1 Å². The summed E-state index contributed by atoms with van der Waals surface area (Å²) in [5.74, 6) is -0.925. The van der Waals surface area contributed by atoms with Crippen molar-refractivity contribution in [3.05, 3.63) is 53.2 Å². The Morgan fingerprint density at radius 2 is 1.31 bits per heavy atom. The Bertz CT molecular complexity index is 401. The molecule has 0 bridgehead atoms. The molecule has 0 aliphatic heterocycles. The number of hydrogen-bond donors (Lipinski definition) is 3. The summed E-state index contributed by atoms with van der Waals surface area (Å²) in [4.78, 5) is 0. The van der Waals surface area contributed by atoms with Crippen LogP contribution in [0.3, 0.4) is 0 Å². The summed E-state index contributed by atoms with van der Waals surface area (Å²) in [5.41, 5.74) is 0.994. The van der Waals surface area contributed by atoms with Crippen LogP contribution in [0.5, 0.6) is 0 Å². The SMILES string of the molecule is OC1=C(O)C(c2ccccc2)=C1O. The van der Waals surface area contributed by atoms with Gasteiger partial charge in [-0.25, -0.2) is 0 Å². The van der Waals surface area contributed by atoms with Crippen LogP contribution >= 0.6 is 0 Å². The van der Waals surface area contributed by atoms with Crippen LogP contribution in [0.2, 0.25) is 0 Å². The molecule has 1 aromatic rings. The number of rotatable bonds is 1. The van der Waals surface area contributed by atoms with E-state index in [2.05, 4.69) is 0 Å². The van der Waals surface area contributed by atoms with E-state index in [1.807, 2.05) is 6.07 Å². The standard InChI is InChI=1S/C10H8O3/c11-8-7(9(12)10(8)13)6-4-2-1-3-5-6/h1-5,11-13H. The molecule has 1 aromatic carbocycles. The second-order valence-corrected chi connectivity index (χ2v) is 2.79. The highest BCUT2D eigenvalue weighted by atomic mass is 16.3. The maximum atomic E-state index is 9.21. The van der Waals surface area contributed by atoms with Crippen LogP contribution in [-0.4, -0.2) is 15.3 Å². The van der Waals surface area contributed by atoms with E-state index in [9.17, 15) is 10.2 Å². The zero-order chi connectivity index (χ0) is 9.42. The fourth-order valence-electron chi connectivity index (χ4n) is 1.28. The smallest absolute Gasteiger partial charge is 0.201 e. The number of benzene rings is 1. The van der Waals surface area contributed by atoms with E-state index in [4.69, 9.17) is 5.11 Å². The van der Waals surface area contributed by atoms with Crippen LogP contribution in [0.4, 0.5) is 0 Å². The van der Waals surface area contributed by atoms with E-state index in [1.54, 1.807) is 24.3 Å². The number of aliphatic hydroxyl groups is 3. The Morgan fingerprint density at radius 3 is 1.85 bits per heavy atom. The molecule has 0 saturated carbocycles. The first-order valence-electron chi connectivity index (χ1n) is 3.83. The summed E-state index contributed by atoms with van der Waals surface area (Å²) in [6.07, 6.45) is 0. The molecule has 0 fully saturated rings. The lowest BCUT2D eigenvalue weighted by molar-refractivity contribution is 0.273. The number of hydrogen-bond acceptors (Lipinski definition) is 3. The molecular weight excluding hydrogens is 168 g/mol. The first-order valence-corrected chi connectivity index (χ1v) is 3.83. The molecule has 3 N–H and O–H groups in total. The zero-order valence-electron chi connectivity index (χ0n) is 6.73. The molecule has 0 heterocycles. The molecule has 0 saturated heterocycles. The van der Waals surface area contributed by atoms with Gasteiger partial charge in [0, 0.05) is 0 Å². The first kappa shape index (κ1) is 7.73. The Balaban J connectivity index is 2.42. The molecule has 0 amide bonds. The van der Waals surface area contributed by atoms with Crippen LogP contribution in [0.15, 0.2) is 47.6 Å². The summed E-state index contributed by atoms with van der Waals surface area (Å²) in [6.45, 7) is 0. The third-order valence-corrected chi connectivity index (χ3v) is 1.98. The Labute approximate surface area is 74.9 Å². The highest BCUT2D eigenvalue weighted by Crippen LogP contribution is 2.37. The Morgan fingerprint density at radius 1 is 0.692 bits per heavy atom. The van der Waals surface area contributed by atoms with Crippen molar-refractivity contribution in [1.29, 1.82) is 0 Å².